The second-order valence-electron chi connectivity index (χ2n) is 7.96. The van der Waals surface area contributed by atoms with E-state index in [1.807, 2.05) is 48.5 Å². The van der Waals surface area contributed by atoms with E-state index in [9.17, 15) is 13.2 Å². The lowest BCUT2D eigenvalue weighted by atomic mass is 10.1. The lowest BCUT2D eigenvalue weighted by Gasteiger charge is -2.17. The van der Waals surface area contributed by atoms with Crippen molar-refractivity contribution >= 4 is 21.7 Å². The van der Waals surface area contributed by atoms with Gasteiger partial charge in [-0.2, -0.15) is 0 Å². The number of aliphatic carboxylic acids is 1. The normalized spacial score (nSPS) is 16.0. The molecule has 0 fully saturated rings. The molecule has 33 heavy (non-hydrogen) atoms. The average molecular weight is 468 g/mol. The smallest absolute Gasteiger partial charge is 0.304 e. The molecule has 4 rings (SSSR count). The van der Waals surface area contributed by atoms with Crippen LogP contribution >= 0.6 is 0 Å². The first-order valence-electron chi connectivity index (χ1n) is 10.7. The molecule has 3 aromatic rings. The maximum Gasteiger partial charge on any atom is 0.304 e. The SMILES string of the molecule is CC(CC(=O)O)S(=O)(=O)Nc1ccc(O[C@@H]2CCc3c(Oc4ccccc4)cccc32)cc1. The highest BCUT2D eigenvalue weighted by Gasteiger charge is 2.27. The van der Waals surface area contributed by atoms with Gasteiger partial charge in [-0.15, -0.1) is 0 Å². The van der Waals surface area contributed by atoms with Crippen LogP contribution < -0.4 is 14.2 Å². The second-order valence-corrected chi connectivity index (χ2v) is 10.1. The van der Waals surface area contributed by atoms with E-state index in [1.54, 1.807) is 24.3 Å². The number of hydrogen-bond donors (Lipinski definition) is 2. The molecule has 8 heteroatoms. The van der Waals surface area contributed by atoms with Crippen molar-refractivity contribution in [2.45, 2.75) is 37.5 Å². The number of carboxylic acid groups (broad SMARTS) is 1. The van der Waals surface area contributed by atoms with E-state index in [0.717, 1.165) is 35.5 Å². The number of ether oxygens (including phenoxy) is 2. The summed E-state index contributed by atoms with van der Waals surface area (Å²) in [6.45, 7) is 1.36. The minimum Gasteiger partial charge on any atom is -0.486 e. The summed E-state index contributed by atoms with van der Waals surface area (Å²) in [4.78, 5) is 10.8. The predicted octanol–water partition coefficient (Wildman–Crippen LogP) is 5.15. The Hall–Kier alpha value is -3.52. The minimum absolute atomic E-state index is 0.127. The van der Waals surface area contributed by atoms with E-state index < -0.39 is 27.7 Å². The zero-order valence-electron chi connectivity index (χ0n) is 18.1. The van der Waals surface area contributed by atoms with E-state index >= 15 is 0 Å². The van der Waals surface area contributed by atoms with E-state index in [1.165, 1.54) is 6.92 Å². The van der Waals surface area contributed by atoms with Crippen molar-refractivity contribution in [2.24, 2.45) is 0 Å². The summed E-state index contributed by atoms with van der Waals surface area (Å²) in [5.41, 5.74) is 2.56. The van der Waals surface area contributed by atoms with Crippen molar-refractivity contribution < 1.29 is 27.8 Å². The standard InChI is InChI=1S/C25H25NO6S/c1-17(16-25(27)28)33(29,30)26-18-10-12-20(13-11-18)32-24-15-14-22-21(24)8-5-9-23(22)31-19-6-3-2-4-7-19/h2-13,17,24,26H,14-16H2,1H3,(H,27,28)/t17?,24-/m1/s1. The zero-order chi connectivity index (χ0) is 23.4. The van der Waals surface area contributed by atoms with E-state index in [2.05, 4.69) is 4.72 Å². The summed E-state index contributed by atoms with van der Waals surface area (Å²) >= 11 is 0. The number of fused-ring (bicyclic) bond motifs is 1. The molecule has 0 spiro atoms. The fourth-order valence-electron chi connectivity index (χ4n) is 3.80. The lowest BCUT2D eigenvalue weighted by molar-refractivity contribution is -0.136. The lowest BCUT2D eigenvalue weighted by Crippen LogP contribution is -2.27. The number of anilines is 1. The van der Waals surface area contributed by atoms with Crippen molar-refractivity contribution in [1.82, 2.24) is 0 Å². The minimum atomic E-state index is -3.80. The van der Waals surface area contributed by atoms with Gasteiger partial charge in [-0.05, 0) is 67.8 Å². The van der Waals surface area contributed by atoms with Crippen molar-refractivity contribution in [3.8, 4) is 17.2 Å². The molecule has 0 saturated carbocycles. The van der Waals surface area contributed by atoms with Crippen LogP contribution in [0.25, 0.3) is 0 Å². The van der Waals surface area contributed by atoms with Crippen molar-refractivity contribution in [2.75, 3.05) is 4.72 Å². The quantitative estimate of drug-likeness (QED) is 0.451. The fourth-order valence-corrected chi connectivity index (χ4v) is 4.83. The van der Waals surface area contributed by atoms with Crippen LogP contribution in [0.15, 0.2) is 72.8 Å². The molecule has 7 nitrogen and oxygen atoms in total. The predicted molar refractivity (Wildman–Crippen MR) is 125 cm³/mol. The van der Waals surface area contributed by atoms with Crippen LogP contribution in [0.4, 0.5) is 5.69 Å². The first-order chi connectivity index (χ1) is 15.8. The Morgan fingerprint density at radius 1 is 1.03 bits per heavy atom. The van der Waals surface area contributed by atoms with Gasteiger partial charge in [0, 0.05) is 11.3 Å². The van der Waals surface area contributed by atoms with Crippen LogP contribution in [0.1, 0.15) is 37.0 Å². The van der Waals surface area contributed by atoms with E-state index in [4.69, 9.17) is 14.6 Å². The molecule has 0 radical (unpaired) electrons. The molecule has 2 atom stereocenters. The van der Waals surface area contributed by atoms with Crippen LogP contribution in [-0.4, -0.2) is 24.7 Å². The molecule has 1 aliphatic rings. The number of carboxylic acids is 1. The topological polar surface area (TPSA) is 102 Å². The Balaban J connectivity index is 1.43. The highest BCUT2D eigenvalue weighted by Crippen LogP contribution is 2.41. The zero-order valence-corrected chi connectivity index (χ0v) is 18.9. The Bertz CT molecular complexity index is 1230. The van der Waals surface area contributed by atoms with Crippen LogP contribution in [-0.2, 0) is 21.2 Å². The largest absolute Gasteiger partial charge is 0.486 e. The Labute approximate surface area is 193 Å². The van der Waals surface area contributed by atoms with Gasteiger partial charge in [0.05, 0.1) is 11.7 Å². The fraction of sp³-hybridized carbons (Fsp3) is 0.240. The summed E-state index contributed by atoms with van der Waals surface area (Å²) in [5, 5.41) is 7.78. The summed E-state index contributed by atoms with van der Waals surface area (Å²) in [6.07, 6.45) is 1.05. The molecule has 172 valence electrons. The van der Waals surface area contributed by atoms with Gasteiger partial charge in [0.25, 0.3) is 0 Å². The molecule has 0 saturated heterocycles. The Morgan fingerprint density at radius 2 is 1.76 bits per heavy atom. The monoisotopic (exact) mass is 467 g/mol. The van der Waals surface area contributed by atoms with E-state index in [0.29, 0.717) is 11.4 Å². The molecule has 0 aliphatic heterocycles. The first kappa shape index (κ1) is 22.7. The summed E-state index contributed by atoms with van der Waals surface area (Å²) in [7, 11) is -3.80. The molecule has 0 bridgehead atoms. The number of rotatable bonds is 9. The number of nitrogens with one attached hydrogen (secondary N) is 1. The third-order valence-corrected chi connectivity index (χ3v) is 7.27. The summed E-state index contributed by atoms with van der Waals surface area (Å²) in [5.74, 6) is 1.06. The summed E-state index contributed by atoms with van der Waals surface area (Å²) in [6, 6.07) is 22.2. The second kappa shape index (κ2) is 9.54. The number of hydrogen-bond acceptors (Lipinski definition) is 5. The van der Waals surface area contributed by atoms with Gasteiger partial charge >= 0.3 is 5.97 Å². The molecule has 0 heterocycles. The van der Waals surface area contributed by atoms with Crippen molar-refractivity contribution in [3.05, 3.63) is 83.9 Å². The van der Waals surface area contributed by atoms with Crippen LogP contribution in [0.3, 0.4) is 0 Å². The third-order valence-electron chi connectivity index (χ3n) is 5.53. The maximum absolute atomic E-state index is 12.3. The highest BCUT2D eigenvalue weighted by atomic mass is 32.2. The van der Waals surface area contributed by atoms with Crippen LogP contribution in [0, 0.1) is 0 Å². The van der Waals surface area contributed by atoms with Crippen molar-refractivity contribution in [1.29, 1.82) is 0 Å². The highest BCUT2D eigenvalue weighted by molar-refractivity contribution is 7.93. The summed E-state index contributed by atoms with van der Waals surface area (Å²) < 4.78 is 39.2. The molecule has 1 unspecified atom stereocenters. The molecule has 3 aromatic carbocycles. The van der Waals surface area contributed by atoms with Gasteiger partial charge in [0.1, 0.15) is 23.4 Å². The van der Waals surface area contributed by atoms with Gasteiger partial charge in [0.15, 0.2) is 0 Å². The molecular weight excluding hydrogens is 442 g/mol. The van der Waals surface area contributed by atoms with Gasteiger partial charge in [-0.25, -0.2) is 8.42 Å². The Kier molecular flexibility index (Phi) is 6.55. The van der Waals surface area contributed by atoms with Gasteiger partial charge in [-0.3, -0.25) is 9.52 Å². The first-order valence-corrected chi connectivity index (χ1v) is 12.2. The number of benzene rings is 3. The number of carbonyl (C=O) groups is 1. The third kappa shape index (κ3) is 5.46. The maximum atomic E-state index is 12.3. The van der Waals surface area contributed by atoms with Crippen LogP contribution in [0.5, 0.6) is 17.2 Å². The van der Waals surface area contributed by atoms with Gasteiger partial charge < -0.3 is 14.6 Å². The Morgan fingerprint density at radius 3 is 2.45 bits per heavy atom. The molecular formula is C25H25NO6S. The van der Waals surface area contributed by atoms with Gasteiger partial charge in [0.2, 0.25) is 10.0 Å². The average Bonchev–Trinajstić information content (AvgIpc) is 3.19. The van der Waals surface area contributed by atoms with Crippen LogP contribution in [0.2, 0.25) is 0 Å². The molecule has 0 aromatic heterocycles. The molecule has 2 N–H and O–H groups in total. The number of sulfonamides is 1. The van der Waals surface area contributed by atoms with Crippen molar-refractivity contribution in [3.63, 3.8) is 0 Å². The number of para-hydroxylation sites is 1. The van der Waals surface area contributed by atoms with E-state index in [-0.39, 0.29) is 6.10 Å². The van der Waals surface area contributed by atoms with Gasteiger partial charge in [-0.1, -0.05) is 30.3 Å². The molecule has 0 amide bonds. The molecule has 1 aliphatic carbocycles.